The van der Waals surface area contributed by atoms with Crippen molar-refractivity contribution in [2.24, 2.45) is 0 Å². The molecule has 1 atom stereocenters. The van der Waals surface area contributed by atoms with Gasteiger partial charge in [0, 0.05) is 37.4 Å². The van der Waals surface area contributed by atoms with Gasteiger partial charge in [-0.2, -0.15) is 0 Å². The largest absolute Gasteiger partial charge is 0.378 e. The van der Waals surface area contributed by atoms with Crippen molar-refractivity contribution in [3.05, 3.63) is 113 Å². The second kappa shape index (κ2) is 8.71. The SMILES string of the molecule is Cc1ccc(NC(=O)N2Cc3ccccc3-n3cccc3[C@@H]2c2ccc(N(C)C)cc2)cc1F. The first kappa shape index (κ1) is 21.8. The molecule has 172 valence electrons. The van der Waals surface area contributed by atoms with Crippen molar-refractivity contribution >= 4 is 17.4 Å². The van der Waals surface area contributed by atoms with E-state index in [4.69, 9.17) is 0 Å². The third-order valence-electron chi connectivity index (χ3n) is 6.37. The molecule has 2 heterocycles. The van der Waals surface area contributed by atoms with Gasteiger partial charge in [-0.15, -0.1) is 0 Å². The van der Waals surface area contributed by atoms with Crippen molar-refractivity contribution in [2.45, 2.75) is 19.5 Å². The summed E-state index contributed by atoms with van der Waals surface area (Å²) in [5.41, 5.74) is 6.14. The van der Waals surface area contributed by atoms with Crippen LogP contribution in [0.1, 0.15) is 28.4 Å². The molecule has 0 aliphatic carbocycles. The van der Waals surface area contributed by atoms with E-state index < -0.39 is 0 Å². The van der Waals surface area contributed by atoms with Crippen LogP contribution in [0.3, 0.4) is 0 Å². The number of rotatable bonds is 3. The molecular weight excluding hydrogens is 427 g/mol. The molecule has 34 heavy (non-hydrogen) atoms. The van der Waals surface area contributed by atoms with Crippen molar-refractivity contribution < 1.29 is 9.18 Å². The minimum absolute atomic E-state index is 0.283. The first-order chi connectivity index (χ1) is 16.4. The number of nitrogens with one attached hydrogen (secondary N) is 1. The highest BCUT2D eigenvalue weighted by atomic mass is 19.1. The predicted octanol–water partition coefficient (Wildman–Crippen LogP) is 6.13. The second-order valence-corrected chi connectivity index (χ2v) is 8.84. The zero-order valence-electron chi connectivity index (χ0n) is 19.5. The Labute approximate surface area is 199 Å². The lowest BCUT2D eigenvalue weighted by atomic mass is 10.0. The molecule has 3 aromatic carbocycles. The summed E-state index contributed by atoms with van der Waals surface area (Å²) < 4.78 is 16.3. The molecule has 0 bridgehead atoms. The number of halogens is 1. The lowest BCUT2D eigenvalue weighted by molar-refractivity contribution is 0.194. The Bertz CT molecular complexity index is 1340. The highest BCUT2D eigenvalue weighted by Crippen LogP contribution is 2.37. The van der Waals surface area contributed by atoms with Gasteiger partial charge in [0.25, 0.3) is 0 Å². The zero-order valence-corrected chi connectivity index (χ0v) is 19.5. The molecule has 0 spiro atoms. The molecule has 2 amide bonds. The van der Waals surface area contributed by atoms with Gasteiger partial charge in [-0.3, -0.25) is 0 Å². The molecule has 0 unspecified atom stereocenters. The number of hydrogen-bond acceptors (Lipinski definition) is 2. The third kappa shape index (κ3) is 3.92. The van der Waals surface area contributed by atoms with Gasteiger partial charge in [0.05, 0.1) is 18.3 Å². The number of para-hydroxylation sites is 1. The first-order valence-electron chi connectivity index (χ1n) is 11.3. The van der Waals surface area contributed by atoms with Crippen LogP contribution < -0.4 is 10.2 Å². The lowest BCUT2D eigenvalue weighted by Crippen LogP contribution is -2.38. The van der Waals surface area contributed by atoms with Crippen LogP contribution in [-0.4, -0.2) is 29.6 Å². The number of fused-ring (bicyclic) bond motifs is 3. The molecule has 0 saturated heterocycles. The Morgan fingerprint density at radius 2 is 1.76 bits per heavy atom. The molecule has 0 fully saturated rings. The molecule has 5 rings (SSSR count). The van der Waals surface area contributed by atoms with E-state index in [1.165, 1.54) is 6.07 Å². The van der Waals surface area contributed by atoms with Crippen LogP contribution in [0.15, 0.2) is 85.1 Å². The van der Waals surface area contributed by atoms with Crippen LogP contribution in [0.2, 0.25) is 0 Å². The maximum atomic E-state index is 14.2. The molecular formula is C28H27FN4O. The van der Waals surface area contributed by atoms with Crippen LogP contribution in [-0.2, 0) is 6.54 Å². The van der Waals surface area contributed by atoms with Crippen LogP contribution in [0, 0.1) is 12.7 Å². The molecule has 6 heteroatoms. The quantitative estimate of drug-likeness (QED) is 0.405. The topological polar surface area (TPSA) is 40.5 Å². The fraction of sp³-hybridized carbons (Fsp3) is 0.179. The van der Waals surface area contributed by atoms with Gasteiger partial charge in [-0.1, -0.05) is 36.4 Å². The fourth-order valence-electron chi connectivity index (χ4n) is 4.51. The van der Waals surface area contributed by atoms with Crippen LogP contribution in [0.25, 0.3) is 5.69 Å². The Kier molecular flexibility index (Phi) is 5.57. The fourth-order valence-corrected chi connectivity index (χ4v) is 4.51. The number of anilines is 2. The monoisotopic (exact) mass is 454 g/mol. The number of aromatic nitrogens is 1. The van der Waals surface area contributed by atoms with E-state index in [0.717, 1.165) is 28.2 Å². The normalized spacial score (nSPS) is 14.7. The molecule has 1 aliphatic heterocycles. The highest BCUT2D eigenvalue weighted by Gasteiger charge is 2.33. The molecule has 5 nitrogen and oxygen atoms in total. The standard InChI is InChI=1S/C28H27FN4O/c1-19-10-13-22(17-24(19)29)30-28(34)33-18-21-7-4-5-8-25(21)32-16-6-9-26(32)27(33)20-11-14-23(15-12-20)31(2)3/h4-17,27H,18H2,1-3H3,(H,30,34)/t27-/m0/s1. The maximum absolute atomic E-state index is 14.2. The van der Waals surface area contributed by atoms with E-state index in [2.05, 4.69) is 46.3 Å². The summed E-state index contributed by atoms with van der Waals surface area (Å²) in [5.74, 6) is -0.344. The van der Waals surface area contributed by atoms with Crippen molar-refractivity contribution in [1.29, 1.82) is 0 Å². The van der Waals surface area contributed by atoms with E-state index in [1.807, 2.05) is 54.4 Å². The van der Waals surface area contributed by atoms with Gasteiger partial charge >= 0.3 is 6.03 Å². The summed E-state index contributed by atoms with van der Waals surface area (Å²) in [6, 6.07) is 24.6. The maximum Gasteiger partial charge on any atom is 0.322 e. The average molecular weight is 455 g/mol. The number of urea groups is 1. The number of nitrogens with zero attached hydrogens (tertiary/aromatic N) is 3. The lowest BCUT2D eigenvalue weighted by Gasteiger charge is -2.31. The minimum atomic E-state index is -0.344. The second-order valence-electron chi connectivity index (χ2n) is 8.84. The summed E-state index contributed by atoms with van der Waals surface area (Å²) in [6.45, 7) is 2.12. The van der Waals surface area contributed by atoms with Gasteiger partial charge in [0.1, 0.15) is 5.82 Å². The average Bonchev–Trinajstić information content (AvgIpc) is 3.26. The molecule has 1 aromatic heterocycles. The predicted molar refractivity (Wildman–Crippen MR) is 134 cm³/mol. The molecule has 0 radical (unpaired) electrons. The number of hydrogen-bond donors (Lipinski definition) is 1. The number of benzene rings is 3. The Hall–Kier alpha value is -4.06. The number of carbonyl (C=O) groups is 1. The Morgan fingerprint density at radius 1 is 1.00 bits per heavy atom. The Balaban J connectivity index is 1.60. The van der Waals surface area contributed by atoms with E-state index in [-0.39, 0.29) is 17.9 Å². The van der Waals surface area contributed by atoms with Crippen molar-refractivity contribution in [1.82, 2.24) is 9.47 Å². The Morgan fingerprint density at radius 3 is 2.50 bits per heavy atom. The molecule has 1 N–H and O–H groups in total. The minimum Gasteiger partial charge on any atom is -0.378 e. The van der Waals surface area contributed by atoms with Gasteiger partial charge < -0.3 is 19.7 Å². The zero-order chi connectivity index (χ0) is 23.8. The summed E-state index contributed by atoms with van der Waals surface area (Å²) >= 11 is 0. The summed E-state index contributed by atoms with van der Waals surface area (Å²) in [6.07, 6.45) is 2.03. The molecule has 1 aliphatic rings. The summed E-state index contributed by atoms with van der Waals surface area (Å²) in [7, 11) is 4.01. The summed E-state index contributed by atoms with van der Waals surface area (Å²) in [4.78, 5) is 17.6. The first-order valence-corrected chi connectivity index (χ1v) is 11.3. The van der Waals surface area contributed by atoms with E-state index in [0.29, 0.717) is 17.8 Å². The third-order valence-corrected chi connectivity index (χ3v) is 6.37. The summed E-state index contributed by atoms with van der Waals surface area (Å²) in [5, 5.41) is 2.92. The smallest absolute Gasteiger partial charge is 0.322 e. The van der Waals surface area contributed by atoms with Crippen molar-refractivity contribution in [3.63, 3.8) is 0 Å². The number of amides is 2. The van der Waals surface area contributed by atoms with Gasteiger partial charge in [0.15, 0.2) is 0 Å². The van der Waals surface area contributed by atoms with Crippen molar-refractivity contribution in [3.8, 4) is 5.69 Å². The van der Waals surface area contributed by atoms with Gasteiger partial charge in [-0.05, 0) is 66.1 Å². The molecule has 0 saturated carbocycles. The van der Waals surface area contributed by atoms with E-state index >= 15 is 0 Å². The van der Waals surface area contributed by atoms with Gasteiger partial charge in [0.2, 0.25) is 0 Å². The van der Waals surface area contributed by atoms with Crippen LogP contribution >= 0.6 is 0 Å². The highest BCUT2D eigenvalue weighted by molar-refractivity contribution is 5.90. The van der Waals surface area contributed by atoms with Crippen LogP contribution in [0.4, 0.5) is 20.6 Å². The van der Waals surface area contributed by atoms with Crippen molar-refractivity contribution in [2.75, 3.05) is 24.3 Å². The molecule has 4 aromatic rings. The number of aryl methyl sites for hydroxylation is 1. The van der Waals surface area contributed by atoms with Gasteiger partial charge in [-0.25, -0.2) is 9.18 Å². The van der Waals surface area contributed by atoms with E-state index in [1.54, 1.807) is 19.1 Å². The van der Waals surface area contributed by atoms with E-state index in [9.17, 15) is 9.18 Å². The number of carbonyl (C=O) groups excluding carboxylic acids is 1. The van der Waals surface area contributed by atoms with Crippen LogP contribution in [0.5, 0.6) is 0 Å².